The van der Waals surface area contributed by atoms with E-state index in [0.717, 1.165) is 46.9 Å². The highest BCUT2D eigenvalue weighted by Crippen LogP contribution is 2.33. The van der Waals surface area contributed by atoms with Gasteiger partial charge in [-0.05, 0) is 35.7 Å². The van der Waals surface area contributed by atoms with Gasteiger partial charge in [0.1, 0.15) is 0 Å². The Morgan fingerprint density at radius 2 is 1.79 bits per heavy atom. The first-order chi connectivity index (χ1) is 13.7. The number of ether oxygens (including phenoxy) is 1. The normalized spacial score (nSPS) is 11.3. The zero-order valence-corrected chi connectivity index (χ0v) is 16.0. The molecular formula is C24H24N2O2. The minimum absolute atomic E-state index is 0.403. The third kappa shape index (κ3) is 3.39. The number of hydrogen-bond acceptors (Lipinski definition) is 2. The van der Waals surface area contributed by atoms with Gasteiger partial charge in [0, 0.05) is 35.0 Å². The summed E-state index contributed by atoms with van der Waals surface area (Å²) in [5, 5.41) is 1.96. The molecule has 0 aliphatic heterocycles. The largest absolute Gasteiger partial charge is 0.377 e. The zero-order valence-electron chi connectivity index (χ0n) is 16.0. The molecule has 1 amide bonds. The van der Waals surface area contributed by atoms with Crippen LogP contribution in [0.15, 0.2) is 66.7 Å². The maximum Gasteiger partial charge on any atom is 0.249 e. The smallest absolute Gasteiger partial charge is 0.249 e. The Labute approximate surface area is 164 Å². The lowest BCUT2D eigenvalue weighted by molar-refractivity contribution is 0.100. The van der Waals surface area contributed by atoms with Crippen LogP contribution in [0.25, 0.3) is 21.8 Å². The monoisotopic (exact) mass is 372 g/mol. The van der Waals surface area contributed by atoms with Gasteiger partial charge >= 0.3 is 0 Å². The van der Waals surface area contributed by atoms with Crippen molar-refractivity contribution in [1.82, 2.24) is 4.57 Å². The lowest BCUT2D eigenvalue weighted by Crippen LogP contribution is -2.11. The highest BCUT2D eigenvalue weighted by atomic mass is 16.5. The molecule has 0 saturated carbocycles. The molecule has 0 aliphatic carbocycles. The van der Waals surface area contributed by atoms with Crippen LogP contribution in [0.2, 0.25) is 0 Å². The lowest BCUT2D eigenvalue weighted by atomic mass is 10.0. The van der Waals surface area contributed by atoms with Gasteiger partial charge in [-0.3, -0.25) is 4.79 Å². The first-order valence-corrected chi connectivity index (χ1v) is 9.64. The summed E-state index contributed by atoms with van der Waals surface area (Å²) >= 11 is 0. The Hall–Kier alpha value is -3.11. The van der Waals surface area contributed by atoms with E-state index in [-0.39, 0.29) is 0 Å². The van der Waals surface area contributed by atoms with Crippen molar-refractivity contribution in [2.75, 3.05) is 6.61 Å². The molecule has 0 bridgehead atoms. The molecule has 0 unspecified atom stereocenters. The molecule has 2 N–H and O–H groups in total. The van der Waals surface area contributed by atoms with E-state index < -0.39 is 5.91 Å². The average Bonchev–Trinajstić information content (AvgIpc) is 3.02. The number of aromatic nitrogens is 1. The Kier molecular flexibility index (Phi) is 5.13. The number of amides is 1. The Bertz CT molecular complexity index is 1130. The number of hydrogen-bond donors (Lipinski definition) is 1. The number of fused-ring (bicyclic) bond motifs is 3. The summed E-state index contributed by atoms with van der Waals surface area (Å²) in [6.45, 7) is 4.16. The van der Waals surface area contributed by atoms with Gasteiger partial charge in [-0.1, -0.05) is 55.5 Å². The predicted octanol–water partition coefficient (Wildman–Crippen LogP) is 4.87. The van der Waals surface area contributed by atoms with E-state index in [1.165, 1.54) is 5.56 Å². The molecule has 1 aromatic heterocycles. The number of primary amides is 1. The summed E-state index contributed by atoms with van der Waals surface area (Å²) in [6, 6.07) is 22.4. The Morgan fingerprint density at radius 3 is 2.54 bits per heavy atom. The molecule has 4 aromatic rings. The van der Waals surface area contributed by atoms with Crippen LogP contribution in [0.3, 0.4) is 0 Å². The average molecular weight is 372 g/mol. The third-order valence-corrected chi connectivity index (χ3v) is 5.02. The molecule has 1 heterocycles. The van der Waals surface area contributed by atoms with Gasteiger partial charge in [0.05, 0.1) is 12.1 Å². The summed E-state index contributed by atoms with van der Waals surface area (Å²) in [5.74, 6) is -0.403. The Balaban J connectivity index is 1.92. The molecule has 0 spiro atoms. The number of rotatable bonds is 7. The van der Waals surface area contributed by atoms with Crippen LogP contribution in [0.1, 0.15) is 34.8 Å². The second kappa shape index (κ2) is 7.87. The fourth-order valence-electron chi connectivity index (χ4n) is 3.76. The van der Waals surface area contributed by atoms with Crippen LogP contribution in [0.5, 0.6) is 0 Å². The fraction of sp³-hybridized carbons (Fsp3) is 0.208. The quantitative estimate of drug-likeness (QED) is 0.471. The van der Waals surface area contributed by atoms with Gasteiger partial charge in [0.15, 0.2) is 0 Å². The van der Waals surface area contributed by atoms with Crippen LogP contribution < -0.4 is 5.73 Å². The van der Waals surface area contributed by atoms with Crippen LogP contribution in [-0.4, -0.2) is 17.1 Å². The minimum Gasteiger partial charge on any atom is -0.377 e. The van der Waals surface area contributed by atoms with Crippen LogP contribution in [-0.2, 0) is 17.9 Å². The third-order valence-electron chi connectivity index (χ3n) is 5.02. The van der Waals surface area contributed by atoms with E-state index >= 15 is 0 Å². The van der Waals surface area contributed by atoms with Crippen molar-refractivity contribution in [3.8, 4) is 0 Å². The van der Waals surface area contributed by atoms with Crippen molar-refractivity contribution in [3.63, 3.8) is 0 Å². The van der Waals surface area contributed by atoms with Crippen LogP contribution in [0.4, 0.5) is 0 Å². The lowest BCUT2D eigenvalue weighted by Gasteiger charge is -2.09. The molecule has 142 valence electrons. The highest BCUT2D eigenvalue weighted by Gasteiger charge is 2.17. The topological polar surface area (TPSA) is 57.2 Å². The second-order valence-corrected chi connectivity index (χ2v) is 7.04. The van der Waals surface area contributed by atoms with Gasteiger partial charge < -0.3 is 15.0 Å². The summed E-state index contributed by atoms with van der Waals surface area (Å²) in [4.78, 5) is 12.1. The zero-order chi connectivity index (χ0) is 19.5. The number of nitrogens with two attached hydrogens (primary N) is 1. The maximum atomic E-state index is 12.1. The van der Waals surface area contributed by atoms with Gasteiger partial charge in [0.2, 0.25) is 5.91 Å². The number of carbonyl (C=O) groups excluding carboxylic acids is 1. The van der Waals surface area contributed by atoms with Crippen LogP contribution >= 0.6 is 0 Å². The SMILES string of the molecule is CCCOCc1ccc2c3c(C(N)=O)cccc3n(Cc3ccccc3)c2c1. The molecular weight excluding hydrogens is 348 g/mol. The molecule has 4 heteroatoms. The van der Waals surface area contributed by atoms with Crippen molar-refractivity contribution in [2.24, 2.45) is 5.73 Å². The van der Waals surface area contributed by atoms with Crippen molar-refractivity contribution >= 4 is 27.7 Å². The first kappa shape index (κ1) is 18.3. The molecule has 0 saturated heterocycles. The van der Waals surface area contributed by atoms with E-state index in [0.29, 0.717) is 12.2 Å². The van der Waals surface area contributed by atoms with Gasteiger partial charge in [-0.15, -0.1) is 0 Å². The molecule has 0 aliphatic rings. The van der Waals surface area contributed by atoms with E-state index in [9.17, 15) is 4.79 Å². The summed E-state index contributed by atoms with van der Waals surface area (Å²) in [6.07, 6.45) is 0.998. The number of nitrogens with zero attached hydrogens (tertiary/aromatic N) is 1. The predicted molar refractivity (Wildman–Crippen MR) is 113 cm³/mol. The van der Waals surface area contributed by atoms with E-state index in [2.05, 4.69) is 47.9 Å². The molecule has 4 rings (SSSR count). The molecule has 4 nitrogen and oxygen atoms in total. The second-order valence-electron chi connectivity index (χ2n) is 7.04. The summed E-state index contributed by atoms with van der Waals surface area (Å²) in [5.41, 5.74) is 10.7. The number of carbonyl (C=O) groups is 1. The van der Waals surface area contributed by atoms with E-state index in [1.54, 1.807) is 6.07 Å². The standard InChI is InChI=1S/C24H24N2O2/c1-2-13-28-16-18-11-12-19-22(14-18)26(15-17-7-4-3-5-8-17)21-10-6-9-20(23(19)21)24(25)27/h3-12,14H,2,13,15-16H2,1H3,(H2,25,27). The van der Waals surface area contributed by atoms with Gasteiger partial charge in [-0.2, -0.15) is 0 Å². The number of benzene rings is 3. The maximum absolute atomic E-state index is 12.1. The van der Waals surface area contributed by atoms with Crippen molar-refractivity contribution in [3.05, 3.63) is 83.4 Å². The summed E-state index contributed by atoms with van der Waals surface area (Å²) in [7, 11) is 0. The molecule has 28 heavy (non-hydrogen) atoms. The van der Waals surface area contributed by atoms with Crippen molar-refractivity contribution < 1.29 is 9.53 Å². The highest BCUT2D eigenvalue weighted by molar-refractivity contribution is 6.17. The van der Waals surface area contributed by atoms with E-state index in [1.807, 2.05) is 24.3 Å². The fourth-order valence-corrected chi connectivity index (χ4v) is 3.76. The first-order valence-electron chi connectivity index (χ1n) is 9.64. The van der Waals surface area contributed by atoms with E-state index in [4.69, 9.17) is 10.5 Å². The minimum atomic E-state index is -0.403. The molecule has 0 fully saturated rings. The van der Waals surface area contributed by atoms with Crippen molar-refractivity contribution in [1.29, 1.82) is 0 Å². The molecule has 0 radical (unpaired) electrons. The molecule has 0 atom stereocenters. The van der Waals surface area contributed by atoms with Gasteiger partial charge in [0.25, 0.3) is 0 Å². The van der Waals surface area contributed by atoms with Crippen molar-refractivity contribution in [2.45, 2.75) is 26.5 Å². The van der Waals surface area contributed by atoms with Gasteiger partial charge in [-0.25, -0.2) is 0 Å². The molecule has 3 aromatic carbocycles. The Morgan fingerprint density at radius 1 is 0.964 bits per heavy atom. The summed E-state index contributed by atoms with van der Waals surface area (Å²) < 4.78 is 7.99. The van der Waals surface area contributed by atoms with Crippen LogP contribution in [0, 0.1) is 0 Å².